The van der Waals surface area contributed by atoms with Crippen LogP contribution in [0.5, 0.6) is 0 Å². The van der Waals surface area contributed by atoms with Crippen LogP contribution in [0.25, 0.3) is 5.57 Å². The van der Waals surface area contributed by atoms with Crippen molar-refractivity contribution in [2.45, 2.75) is 86.2 Å². The van der Waals surface area contributed by atoms with Crippen molar-refractivity contribution in [1.29, 1.82) is 0 Å². The van der Waals surface area contributed by atoms with E-state index in [2.05, 4.69) is 79.3 Å². The molecule has 1 aromatic carbocycles. The molecule has 5 unspecified atom stereocenters. The molecule has 0 spiro atoms. The summed E-state index contributed by atoms with van der Waals surface area (Å²) in [6.45, 7) is 19.3. The molecule has 1 aliphatic carbocycles. The number of hydrogen-bond acceptors (Lipinski definition) is 0. The van der Waals surface area contributed by atoms with E-state index in [4.69, 9.17) is 0 Å². The van der Waals surface area contributed by atoms with E-state index in [-0.39, 0.29) is 11.3 Å². The van der Waals surface area contributed by atoms with Crippen LogP contribution < -0.4 is 0 Å². The summed E-state index contributed by atoms with van der Waals surface area (Å²) in [5, 5.41) is 0. The third kappa shape index (κ3) is 3.87. The maximum atomic E-state index is 15.5. The van der Waals surface area contributed by atoms with E-state index in [0.717, 1.165) is 19.3 Å². The van der Waals surface area contributed by atoms with Crippen LogP contribution in [0, 0.1) is 30.1 Å². The number of aryl methyl sites for hydroxylation is 1. The Balaban J connectivity index is 2.45. The van der Waals surface area contributed by atoms with Crippen molar-refractivity contribution in [1.82, 2.24) is 0 Å². The van der Waals surface area contributed by atoms with Crippen LogP contribution in [0.2, 0.25) is 0 Å². The second kappa shape index (κ2) is 8.97. The molecule has 5 atom stereocenters. The predicted molar refractivity (Wildman–Crippen MR) is 122 cm³/mol. The maximum absolute atomic E-state index is 15.5. The summed E-state index contributed by atoms with van der Waals surface area (Å²) in [5.41, 5.74) is 4.10. The standard InChI is InChI=1S/C27H41F/c1-9-12-16-24(23-17-14-13-15-20(23)5)21(6)18-25(19(4)10-2)26(8)22(7)27(26,28)11-3/h11,13-15,17,19,22,25H,3,9-10,12,16,18H2,1-2,4-8H3/b24-21+. The van der Waals surface area contributed by atoms with Gasteiger partial charge in [-0.3, -0.25) is 0 Å². The molecule has 1 saturated carbocycles. The number of unbranched alkanes of at least 4 members (excludes halogenated alkanes) is 1. The Bertz CT molecular complexity index is 715. The summed E-state index contributed by atoms with van der Waals surface area (Å²) in [4.78, 5) is 0. The molecule has 0 aromatic heterocycles. The summed E-state index contributed by atoms with van der Waals surface area (Å²) in [6.07, 6.45) is 7.13. The third-order valence-electron chi connectivity index (χ3n) is 7.96. The van der Waals surface area contributed by atoms with Crippen LogP contribution in [-0.2, 0) is 0 Å². The molecule has 0 aliphatic heterocycles. The molecule has 1 fully saturated rings. The minimum Gasteiger partial charge on any atom is -0.238 e. The van der Waals surface area contributed by atoms with Gasteiger partial charge in [0.25, 0.3) is 0 Å². The Labute approximate surface area is 173 Å². The van der Waals surface area contributed by atoms with Gasteiger partial charge in [0.1, 0.15) is 5.67 Å². The molecule has 1 heteroatoms. The summed E-state index contributed by atoms with van der Waals surface area (Å²) in [7, 11) is 0. The average molecular weight is 385 g/mol. The quantitative estimate of drug-likeness (QED) is 0.354. The second-order valence-electron chi connectivity index (χ2n) is 9.35. The lowest BCUT2D eigenvalue weighted by molar-refractivity contribution is 0.161. The van der Waals surface area contributed by atoms with E-state index < -0.39 is 5.67 Å². The average Bonchev–Trinajstić information content (AvgIpc) is 3.13. The lowest BCUT2D eigenvalue weighted by Crippen LogP contribution is -2.27. The molecule has 1 aromatic rings. The minimum absolute atomic E-state index is 0.0434. The van der Waals surface area contributed by atoms with Crippen LogP contribution in [0.1, 0.15) is 84.8 Å². The molecule has 0 heterocycles. The van der Waals surface area contributed by atoms with Gasteiger partial charge in [0.05, 0.1) is 0 Å². The molecule has 0 radical (unpaired) electrons. The summed E-state index contributed by atoms with van der Waals surface area (Å²) >= 11 is 0. The minimum atomic E-state index is -1.23. The SMILES string of the molecule is C=CC1(F)C(C)C1(C)C(C/C(C)=C(\CCCC)c1ccccc1C)C(C)CC. The van der Waals surface area contributed by atoms with Crippen molar-refractivity contribution in [3.63, 3.8) is 0 Å². The Hall–Kier alpha value is -1.37. The summed E-state index contributed by atoms with van der Waals surface area (Å²) < 4.78 is 15.5. The van der Waals surface area contributed by atoms with E-state index in [1.165, 1.54) is 35.1 Å². The van der Waals surface area contributed by atoms with E-state index in [9.17, 15) is 0 Å². The lowest BCUT2D eigenvalue weighted by Gasteiger charge is -2.32. The zero-order valence-corrected chi connectivity index (χ0v) is 19.2. The highest BCUT2D eigenvalue weighted by Gasteiger charge is 2.74. The van der Waals surface area contributed by atoms with Crippen LogP contribution in [0.3, 0.4) is 0 Å². The van der Waals surface area contributed by atoms with Gasteiger partial charge in [0.15, 0.2) is 0 Å². The first-order valence-electron chi connectivity index (χ1n) is 11.3. The van der Waals surface area contributed by atoms with Crippen LogP contribution in [-0.4, -0.2) is 5.67 Å². The van der Waals surface area contributed by atoms with Gasteiger partial charge in [-0.1, -0.05) is 90.0 Å². The fraction of sp³-hybridized carbons (Fsp3) is 0.630. The van der Waals surface area contributed by atoms with Gasteiger partial charge in [0.2, 0.25) is 0 Å². The molecule has 2 rings (SSSR count). The van der Waals surface area contributed by atoms with Crippen molar-refractivity contribution in [2.24, 2.45) is 23.2 Å². The molecule has 0 saturated heterocycles. The smallest absolute Gasteiger partial charge is 0.138 e. The van der Waals surface area contributed by atoms with Gasteiger partial charge < -0.3 is 0 Å². The number of allylic oxidation sites excluding steroid dienone is 3. The zero-order valence-electron chi connectivity index (χ0n) is 19.2. The fourth-order valence-electron chi connectivity index (χ4n) is 5.44. The highest BCUT2D eigenvalue weighted by molar-refractivity contribution is 5.70. The second-order valence-corrected chi connectivity index (χ2v) is 9.35. The molecular weight excluding hydrogens is 343 g/mol. The van der Waals surface area contributed by atoms with Crippen LogP contribution in [0.4, 0.5) is 4.39 Å². The molecular formula is C27H41F. The first-order chi connectivity index (χ1) is 13.2. The van der Waals surface area contributed by atoms with Gasteiger partial charge in [-0.25, -0.2) is 4.39 Å². The van der Waals surface area contributed by atoms with Crippen molar-refractivity contribution in [2.75, 3.05) is 0 Å². The molecule has 0 amide bonds. The van der Waals surface area contributed by atoms with Crippen molar-refractivity contribution >= 4 is 5.57 Å². The lowest BCUT2D eigenvalue weighted by atomic mass is 9.72. The molecule has 0 nitrogen and oxygen atoms in total. The normalized spacial score (nSPS) is 29.8. The van der Waals surface area contributed by atoms with Gasteiger partial charge in [-0.15, -0.1) is 0 Å². The van der Waals surface area contributed by atoms with Gasteiger partial charge in [0, 0.05) is 11.3 Å². The van der Waals surface area contributed by atoms with E-state index in [0.29, 0.717) is 11.8 Å². The number of benzene rings is 1. The Morgan fingerprint density at radius 1 is 1.29 bits per heavy atom. The molecule has 1 aliphatic rings. The Kier molecular flexibility index (Phi) is 7.34. The molecule has 28 heavy (non-hydrogen) atoms. The van der Waals surface area contributed by atoms with Gasteiger partial charge in [-0.05, 0) is 61.6 Å². The first kappa shape index (κ1) is 22.9. The van der Waals surface area contributed by atoms with Crippen LogP contribution >= 0.6 is 0 Å². The van der Waals surface area contributed by atoms with E-state index >= 15 is 4.39 Å². The van der Waals surface area contributed by atoms with Gasteiger partial charge in [-0.2, -0.15) is 0 Å². The number of alkyl halides is 1. The van der Waals surface area contributed by atoms with Crippen molar-refractivity contribution in [3.8, 4) is 0 Å². The number of hydrogen-bond donors (Lipinski definition) is 0. The number of halogens is 1. The van der Waals surface area contributed by atoms with Crippen molar-refractivity contribution in [3.05, 3.63) is 53.6 Å². The van der Waals surface area contributed by atoms with E-state index in [1.54, 1.807) is 6.08 Å². The molecule has 0 N–H and O–H groups in total. The number of rotatable bonds is 10. The maximum Gasteiger partial charge on any atom is 0.138 e. The highest BCUT2D eigenvalue weighted by atomic mass is 19.1. The van der Waals surface area contributed by atoms with E-state index in [1.807, 2.05) is 0 Å². The van der Waals surface area contributed by atoms with Gasteiger partial charge >= 0.3 is 0 Å². The van der Waals surface area contributed by atoms with Crippen molar-refractivity contribution < 1.29 is 4.39 Å². The zero-order chi connectivity index (χ0) is 21.1. The Morgan fingerprint density at radius 2 is 1.93 bits per heavy atom. The first-order valence-corrected chi connectivity index (χ1v) is 11.3. The summed E-state index contributed by atoms with van der Waals surface area (Å²) in [5.74, 6) is 0.863. The summed E-state index contributed by atoms with van der Waals surface area (Å²) in [6, 6.07) is 8.71. The predicted octanol–water partition coefficient (Wildman–Crippen LogP) is 8.56. The third-order valence-corrected chi connectivity index (χ3v) is 7.96. The molecule has 156 valence electrons. The van der Waals surface area contributed by atoms with Crippen LogP contribution in [0.15, 0.2) is 42.5 Å². The largest absolute Gasteiger partial charge is 0.238 e. The Morgan fingerprint density at radius 3 is 2.43 bits per heavy atom. The topological polar surface area (TPSA) is 0 Å². The molecule has 0 bridgehead atoms. The monoisotopic (exact) mass is 384 g/mol. The fourth-order valence-corrected chi connectivity index (χ4v) is 5.44. The highest BCUT2D eigenvalue weighted by Crippen LogP contribution is 2.71.